The molecule has 0 saturated carbocycles. The molecule has 3 saturated heterocycles. The zero-order chi connectivity index (χ0) is 26.1. The molecule has 0 aromatic heterocycles. The topological polar surface area (TPSA) is 40.7 Å². The van der Waals surface area contributed by atoms with Crippen LogP contribution in [0.1, 0.15) is 78.6 Å². The highest BCUT2D eigenvalue weighted by atomic mass is 16.5. The van der Waals surface area contributed by atoms with E-state index in [0.29, 0.717) is 18.3 Å². The highest BCUT2D eigenvalue weighted by Crippen LogP contribution is 2.13. The zero-order valence-electron chi connectivity index (χ0n) is 24.7. The Morgan fingerprint density at radius 3 is 1.14 bits per heavy atom. The quantitative estimate of drug-likeness (QED) is 0.251. The molecule has 218 valence electrons. The van der Waals surface area contributed by atoms with Crippen LogP contribution in [0.5, 0.6) is 0 Å². The Labute approximate surface area is 229 Å². The number of hydrogen-bond acceptors (Lipinski definition) is 7. The maximum absolute atomic E-state index is 5.85. The van der Waals surface area contributed by atoms with Crippen molar-refractivity contribution < 1.29 is 14.2 Å². The van der Waals surface area contributed by atoms with Crippen LogP contribution in [-0.4, -0.2) is 136 Å². The van der Waals surface area contributed by atoms with E-state index in [1.54, 1.807) is 0 Å². The molecule has 3 rings (SSSR count). The smallest absolute Gasteiger partial charge is 0.0700 e. The van der Waals surface area contributed by atoms with E-state index in [4.69, 9.17) is 14.2 Å². The van der Waals surface area contributed by atoms with Crippen molar-refractivity contribution in [1.82, 2.24) is 19.6 Å². The lowest BCUT2D eigenvalue weighted by molar-refractivity contribution is -0.0304. The number of morpholine rings is 3. The van der Waals surface area contributed by atoms with Gasteiger partial charge in [-0.05, 0) is 97.1 Å². The standard InChI is InChI=1S/C30H60N4O3/c1-4-28-25-32(19-22-35-28)16-10-7-13-31(14-8-11-17-33-20-23-36-29(5-2)26-33)15-9-12-18-34-21-24-37-30(6-3)27-34/h28-30H,4-27H2,1-3H3. The fourth-order valence-electron chi connectivity index (χ4n) is 6.04. The van der Waals surface area contributed by atoms with Crippen molar-refractivity contribution in [3.8, 4) is 0 Å². The lowest BCUT2D eigenvalue weighted by Gasteiger charge is -2.33. The van der Waals surface area contributed by atoms with Gasteiger partial charge in [-0.2, -0.15) is 0 Å². The Hall–Kier alpha value is -0.280. The molecule has 3 aliphatic rings. The minimum atomic E-state index is 0.448. The van der Waals surface area contributed by atoms with Gasteiger partial charge < -0.3 is 19.1 Å². The van der Waals surface area contributed by atoms with Crippen LogP contribution >= 0.6 is 0 Å². The third-order valence-electron chi connectivity index (χ3n) is 8.63. The number of unbranched alkanes of at least 4 members (excludes halogenated alkanes) is 3. The average molecular weight is 525 g/mol. The van der Waals surface area contributed by atoms with Crippen molar-refractivity contribution in [3.63, 3.8) is 0 Å². The molecule has 0 N–H and O–H groups in total. The Kier molecular flexibility index (Phi) is 16.0. The van der Waals surface area contributed by atoms with Crippen LogP contribution in [-0.2, 0) is 14.2 Å². The minimum Gasteiger partial charge on any atom is -0.376 e. The van der Waals surface area contributed by atoms with Crippen molar-refractivity contribution in [1.29, 1.82) is 0 Å². The van der Waals surface area contributed by atoms with E-state index in [1.807, 2.05) is 0 Å². The van der Waals surface area contributed by atoms with Crippen LogP contribution < -0.4 is 0 Å². The van der Waals surface area contributed by atoms with E-state index >= 15 is 0 Å². The number of rotatable bonds is 18. The van der Waals surface area contributed by atoms with Gasteiger partial charge in [0.25, 0.3) is 0 Å². The molecule has 0 aromatic carbocycles. The fraction of sp³-hybridized carbons (Fsp3) is 1.00. The Bertz CT molecular complexity index is 493. The first-order valence-corrected chi connectivity index (χ1v) is 15.9. The summed E-state index contributed by atoms with van der Waals surface area (Å²) in [6.45, 7) is 23.7. The van der Waals surface area contributed by atoms with Crippen LogP contribution in [0.25, 0.3) is 0 Å². The predicted molar refractivity (Wildman–Crippen MR) is 154 cm³/mol. The van der Waals surface area contributed by atoms with Gasteiger partial charge in [0.1, 0.15) is 0 Å². The molecule has 3 aliphatic heterocycles. The van der Waals surface area contributed by atoms with Gasteiger partial charge in [0.05, 0.1) is 38.1 Å². The molecular formula is C30H60N4O3. The second-order valence-corrected chi connectivity index (χ2v) is 11.6. The number of ether oxygens (including phenoxy) is 3. The molecule has 0 aliphatic carbocycles. The Morgan fingerprint density at radius 2 is 0.838 bits per heavy atom. The van der Waals surface area contributed by atoms with Gasteiger partial charge in [0, 0.05) is 39.3 Å². The van der Waals surface area contributed by atoms with E-state index in [9.17, 15) is 0 Å². The first kappa shape index (κ1) is 31.3. The van der Waals surface area contributed by atoms with E-state index in [-0.39, 0.29) is 0 Å². The van der Waals surface area contributed by atoms with Gasteiger partial charge in [-0.15, -0.1) is 0 Å². The summed E-state index contributed by atoms with van der Waals surface area (Å²) in [5.41, 5.74) is 0. The second kappa shape index (κ2) is 18.9. The Balaban J connectivity index is 1.33. The zero-order valence-corrected chi connectivity index (χ0v) is 24.7. The van der Waals surface area contributed by atoms with Crippen LogP contribution in [0.15, 0.2) is 0 Å². The lowest BCUT2D eigenvalue weighted by Crippen LogP contribution is -2.43. The molecule has 7 heteroatoms. The van der Waals surface area contributed by atoms with E-state index < -0.39 is 0 Å². The van der Waals surface area contributed by atoms with Gasteiger partial charge in [-0.1, -0.05) is 20.8 Å². The molecule has 7 nitrogen and oxygen atoms in total. The molecule has 3 fully saturated rings. The van der Waals surface area contributed by atoms with Gasteiger partial charge in [0.2, 0.25) is 0 Å². The van der Waals surface area contributed by atoms with Crippen molar-refractivity contribution in [2.45, 2.75) is 96.9 Å². The monoisotopic (exact) mass is 524 g/mol. The lowest BCUT2D eigenvalue weighted by atomic mass is 10.1. The highest BCUT2D eigenvalue weighted by Gasteiger charge is 2.20. The van der Waals surface area contributed by atoms with Crippen molar-refractivity contribution in [3.05, 3.63) is 0 Å². The first-order chi connectivity index (χ1) is 18.2. The van der Waals surface area contributed by atoms with E-state index in [2.05, 4.69) is 40.4 Å². The van der Waals surface area contributed by atoms with Gasteiger partial charge in [0.15, 0.2) is 0 Å². The van der Waals surface area contributed by atoms with Gasteiger partial charge in [-0.25, -0.2) is 0 Å². The number of nitrogens with zero attached hydrogens (tertiary/aromatic N) is 4. The van der Waals surface area contributed by atoms with Crippen molar-refractivity contribution in [2.24, 2.45) is 0 Å². The molecule has 37 heavy (non-hydrogen) atoms. The van der Waals surface area contributed by atoms with Crippen LogP contribution in [0.4, 0.5) is 0 Å². The van der Waals surface area contributed by atoms with Gasteiger partial charge >= 0.3 is 0 Å². The molecule has 3 unspecified atom stereocenters. The number of hydrogen-bond donors (Lipinski definition) is 0. The molecule has 0 radical (unpaired) electrons. The summed E-state index contributed by atoms with van der Waals surface area (Å²) in [6, 6.07) is 0. The minimum absolute atomic E-state index is 0.448. The predicted octanol–water partition coefficient (Wildman–Crippen LogP) is 3.96. The van der Waals surface area contributed by atoms with E-state index in [0.717, 1.165) is 78.4 Å². The maximum Gasteiger partial charge on any atom is 0.0700 e. The molecular weight excluding hydrogens is 464 g/mol. The molecule has 3 atom stereocenters. The molecule has 0 amide bonds. The summed E-state index contributed by atoms with van der Waals surface area (Å²) in [6.07, 6.45) is 12.6. The maximum atomic E-state index is 5.85. The summed E-state index contributed by atoms with van der Waals surface area (Å²) < 4.78 is 17.6. The third kappa shape index (κ3) is 12.6. The molecule has 0 spiro atoms. The Morgan fingerprint density at radius 1 is 0.514 bits per heavy atom. The molecule has 0 aromatic rings. The van der Waals surface area contributed by atoms with Crippen molar-refractivity contribution >= 4 is 0 Å². The summed E-state index contributed by atoms with van der Waals surface area (Å²) >= 11 is 0. The van der Waals surface area contributed by atoms with E-state index in [1.165, 1.54) is 77.8 Å². The van der Waals surface area contributed by atoms with Gasteiger partial charge in [-0.3, -0.25) is 14.7 Å². The fourth-order valence-corrected chi connectivity index (χ4v) is 6.04. The van der Waals surface area contributed by atoms with Crippen LogP contribution in [0.3, 0.4) is 0 Å². The normalized spacial score (nSPS) is 26.8. The highest BCUT2D eigenvalue weighted by molar-refractivity contribution is 4.73. The average Bonchev–Trinajstić information content (AvgIpc) is 2.95. The van der Waals surface area contributed by atoms with Crippen LogP contribution in [0, 0.1) is 0 Å². The summed E-state index contributed by atoms with van der Waals surface area (Å²) in [4.78, 5) is 10.6. The molecule has 0 bridgehead atoms. The van der Waals surface area contributed by atoms with Crippen molar-refractivity contribution in [2.75, 3.05) is 98.4 Å². The third-order valence-corrected chi connectivity index (χ3v) is 8.63. The SMILES string of the molecule is CCC1CN(CCCCN(CCCCN2CCOC(CC)C2)CCCCN2CCOC(CC)C2)CCO1. The molecule has 3 heterocycles. The summed E-state index contributed by atoms with van der Waals surface area (Å²) in [5.74, 6) is 0. The largest absolute Gasteiger partial charge is 0.376 e. The first-order valence-electron chi connectivity index (χ1n) is 15.9. The summed E-state index contributed by atoms with van der Waals surface area (Å²) in [5, 5.41) is 0. The van der Waals surface area contributed by atoms with Crippen LogP contribution in [0.2, 0.25) is 0 Å². The second-order valence-electron chi connectivity index (χ2n) is 11.6. The summed E-state index contributed by atoms with van der Waals surface area (Å²) in [7, 11) is 0.